The molecule has 5 aromatic rings. The third kappa shape index (κ3) is 10.4. The number of halogens is 2. The van der Waals surface area contributed by atoms with Crippen molar-refractivity contribution in [3.05, 3.63) is 116 Å². The Hall–Kier alpha value is -4.17. The average molecular weight is 808 g/mol. The molecule has 3 aromatic carbocycles. The van der Waals surface area contributed by atoms with Gasteiger partial charge in [-0.15, -0.1) is 11.3 Å². The monoisotopic (exact) mass is 805 g/mol. The Morgan fingerprint density at radius 3 is 2.35 bits per heavy atom. The van der Waals surface area contributed by atoms with Gasteiger partial charge in [0.05, 0.1) is 18.0 Å². The van der Waals surface area contributed by atoms with Gasteiger partial charge in [-0.05, 0) is 76.8 Å². The number of aromatic amines is 1. The maximum atomic E-state index is 12.9. The highest BCUT2D eigenvalue weighted by atomic mass is 79.9. The minimum atomic E-state index is -0.290. The number of nitrogens with one attached hydrogen (secondary N) is 3. The van der Waals surface area contributed by atoms with Gasteiger partial charge in [-0.2, -0.15) is 5.10 Å². The van der Waals surface area contributed by atoms with E-state index in [1.54, 1.807) is 42.8 Å². The summed E-state index contributed by atoms with van der Waals surface area (Å²) in [5.74, 6) is -0.460. The van der Waals surface area contributed by atoms with E-state index >= 15 is 0 Å². The van der Waals surface area contributed by atoms with Crippen LogP contribution in [0.4, 0.5) is 5.69 Å². The Bertz CT molecular complexity index is 1870. The SMILES string of the molecule is Brc1ccccc1.Brc1nccs1.CNC(=O)c1n[nH]c2ccc(NC(=O)[C@@H]3CCN(CC(=O)N4CC=C(c5ccccc5)CC4)C3)cc12. The van der Waals surface area contributed by atoms with Crippen LogP contribution >= 0.6 is 43.2 Å². The molecule has 49 heavy (non-hydrogen) atoms. The molecule has 13 heteroatoms. The fraction of sp³-hybridized carbons (Fsp3) is 0.250. The van der Waals surface area contributed by atoms with Crippen LogP contribution in [0.1, 0.15) is 28.9 Å². The second-order valence-electron chi connectivity index (χ2n) is 11.4. The topological polar surface area (TPSA) is 123 Å². The zero-order chi connectivity index (χ0) is 34.6. The Morgan fingerprint density at radius 2 is 1.76 bits per heavy atom. The van der Waals surface area contributed by atoms with Gasteiger partial charge in [0.15, 0.2) is 9.61 Å². The van der Waals surface area contributed by atoms with E-state index in [0.29, 0.717) is 50.2 Å². The van der Waals surface area contributed by atoms with E-state index in [1.165, 1.54) is 11.1 Å². The number of hydrogen-bond acceptors (Lipinski definition) is 7. The molecular formula is C36H37Br2N7O3S. The van der Waals surface area contributed by atoms with E-state index in [-0.39, 0.29) is 29.3 Å². The number of nitrogens with zero attached hydrogens (tertiary/aromatic N) is 4. The lowest BCUT2D eigenvalue weighted by Crippen LogP contribution is -2.41. The molecule has 2 aliphatic rings. The summed E-state index contributed by atoms with van der Waals surface area (Å²) in [7, 11) is 1.55. The highest BCUT2D eigenvalue weighted by Gasteiger charge is 2.31. The van der Waals surface area contributed by atoms with Crippen molar-refractivity contribution in [1.29, 1.82) is 0 Å². The lowest BCUT2D eigenvalue weighted by atomic mass is 9.99. The van der Waals surface area contributed by atoms with Crippen LogP contribution in [0.2, 0.25) is 0 Å². The summed E-state index contributed by atoms with van der Waals surface area (Å²) < 4.78 is 2.08. The molecule has 3 amide bonds. The molecule has 0 unspecified atom stereocenters. The zero-order valence-electron chi connectivity index (χ0n) is 26.9. The van der Waals surface area contributed by atoms with E-state index in [4.69, 9.17) is 0 Å². The van der Waals surface area contributed by atoms with Crippen molar-refractivity contribution in [3.63, 3.8) is 0 Å². The van der Waals surface area contributed by atoms with Gasteiger partial charge in [0.1, 0.15) is 0 Å². The van der Waals surface area contributed by atoms with Crippen molar-refractivity contribution in [2.75, 3.05) is 45.1 Å². The first-order valence-electron chi connectivity index (χ1n) is 15.8. The third-order valence-corrected chi connectivity index (χ3v) is 9.97. The standard InChI is InChI=1S/C27H30N6O3.C6H5Br.C3H2BrNS/c1-28-27(36)25-22-15-21(7-8-23(22)30-31-25)29-26(35)20-9-12-32(16-20)17-24(34)33-13-10-19(11-14-33)18-5-3-2-4-6-18;7-6-4-2-1-3-5-6;4-3-5-1-2-6-3/h2-8,10,15,20H,9,11-14,16-17H2,1H3,(H,28,36)(H,29,35)(H,30,31);1-5H;1-2H/t20-;;/m1../s1. The van der Waals surface area contributed by atoms with Gasteiger partial charge in [-0.3, -0.25) is 24.4 Å². The number of fused-ring (bicyclic) bond motifs is 1. The number of carbonyl (C=O) groups is 3. The Labute approximate surface area is 306 Å². The van der Waals surface area contributed by atoms with Crippen LogP contribution in [0.25, 0.3) is 16.5 Å². The summed E-state index contributed by atoms with van der Waals surface area (Å²) in [4.78, 5) is 45.6. The van der Waals surface area contributed by atoms with Gasteiger partial charge >= 0.3 is 0 Å². The fourth-order valence-electron chi connectivity index (χ4n) is 5.54. The van der Waals surface area contributed by atoms with Crippen LogP contribution < -0.4 is 10.6 Å². The van der Waals surface area contributed by atoms with E-state index in [2.05, 4.69) is 80.8 Å². The highest BCUT2D eigenvalue weighted by Crippen LogP contribution is 2.25. The fourth-order valence-corrected chi connectivity index (χ4v) is 6.64. The van der Waals surface area contributed by atoms with E-state index in [9.17, 15) is 14.4 Å². The molecule has 254 valence electrons. The second kappa shape index (κ2) is 18.0. The Kier molecular flexibility index (Phi) is 13.3. The number of rotatable bonds is 6. The molecule has 0 radical (unpaired) electrons. The summed E-state index contributed by atoms with van der Waals surface area (Å²) >= 11 is 8.08. The zero-order valence-corrected chi connectivity index (χ0v) is 30.9. The maximum absolute atomic E-state index is 12.9. The molecule has 1 atom stereocenters. The van der Waals surface area contributed by atoms with Crippen molar-refractivity contribution in [1.82, 2.24) is 30.3 Å². The van der Waals surface area contributed by atoms with Gasteiger partial charge in [-0.25, -0.2) is 4.98 Å². The Morgan fingerprint density at radius 1 is 1.00 bits per heavy atom. The predicted octanol–water partition coefficient (Wildman–Crippen LogP) is 6.85. The predicted molar refractivity (Wildman–Crippen MR) is 202 cm³/mol. The van der Waals surface area contributed by atoms with Gasteiger partial charge < -0.3 is 15.5 Å². The van der Waals surface area contributed by atoms with E-state index in [0.717, 1.165) is 20.3 Å². The summed E-state index contributed by atoms with van der Waals surface area (Å²) in [6.07, 6.45) is 5.45. The largest absolute Gasteiger partial charge is 0.354 e. The first-order chi connectivity index (χ1) is 23.8. The molecule has 0 aliphatic carbocycles. The molecule has 1 fully saturated rings. The molecule has 0 saturated carbocycles. The normalized spacial score (nSPS) is 15.7. The first kappa shape index (κ1) is 36.1. The summed E-state index contributed by atoms with van der Waals surface area (Å²) in [5.41, 5.74) is 4.13. The number of benzene rings is 3. The third-order valence-electron chi connectivity index (χ3n) is 8.12. The number of hydrogen-bond donors (Lipinski definition) is 3. The summed E-state index contributed by atoms with van der Waals surface area (Å²) in [6.45, 7) is 2.92. The summed E-state index contributed by atoms with van der Waals surface area (Å²) in [5, 5.41) is 15.0. The molecule has 1 saturated heterocycles. The van der Waals surface area contributed by atoms with Crippen LogP contribution in [0, 0.1) is 5.92 Å². The molecule has 0 spiro atoms. The minimum absolute atomic E-state index is 0.0808. The number of amides is 3. The quantitative estimate of drug-likeness (QED) is 0.173. The van der Waals surface area contributed by atoms with Crippen LogP contribution in [0.5, 0.6) is 0 Å². The number of carbonyl (C=O) groups excluding carboxylic acids is 3. The molecule has 0 bridgehead atoms. The van der Waals surface area contributed by atoms with Crippen LogP contribution in [0.15, 0.2) is 105 Å². The number of H-pyrrole nitrogens is 1. The molecule has 10 nitrogen and oxygen atoms in total. The van der Waals surface area contributed by atoms with Crippen LogP contribution in [0.3, 0.4) is 0 Å². The molecule has 7 rings (SSSR count). The number of anilines is 1. The lowest BCUT2D eigenvalue weighted by Gasteiger charge is -2.28. The number of aromatic nitrogens is 3. The second-order valence-corrected chi connectivity index (χ2v) is 14.5. The van der Waals surface area contributed by atoms with Crippen molar-refractivity contribution in [3.8, 4) is 0 Å². The van der Waals surface area contributed by atoms with Gasteiger partial charge in [0.25, 0.3) is 5.91 Å². The average Bonchev–Trinajstić information content (AvgIpc) is 3.91. The molecule has 3 N–H and O–H groups in total. The van der Waals surface area contributed by atoms with E-state index in [1.807, 2.05) is 58.8 Å². The lowest BCUT2D eigenvalue weighted by molar-refractivity contribution is -0.132. The Balaban J connectivity index is 0.000000299. The van der Waals surface area contributed by atoms with Crippen molar-refractivity contribution >= 4 is 83.1 Å². The van der Waals surface area contributed by atoms with Crippen molar-refractivity contribution in [2.45, 2.75) is 12.8 Å². The van der Waals surface area contributed by atoms with Crippen LogP contribution in [-0.4, -0.2) is 82.5 Å². The molecule has 4 heterocycles. The van der Waals surface area contributed by atoms with Gasteiger partial charge in [-0.1, -0.05) is 70.5 Å². The first-order valence-corrected chi connectivity index (χ1v) is 18.3. The molecule has 2 aromatic heterocycles. The van der Waals surface area contributed by atoms with Gasteiger partial charge in [0, 0.05) is 53.8 Å². The smallest absolute Gasteiger partial charge is 0.272 e. The van der Waals surface area contributed by atoms with Crippen LogP contribution in [-0.2, 0) is 9.59 Å². The van der Waals surface area contributed by atoms with Crippen molar-refractivity contribution in [2.24, 2.45) is 5.92 Å². The molecular weight excluding hydrogens is 770 g/mol. The highest BCUT2D eigenvalue weighted by molar-refractivity contribution is 9.11. The number of thiazole rings is 1. The number of likely N-dealkylation sites (tertiary alicyclic amines) is 1. The summed E-state index contributed by atoms with van der Waals surface area (Å²) in [6, 6.07) is 25.6. The van der Waals surface area contributed by atoms with E-state index < -0.39 is 0 Å². The molecule has 2 aliphatic heterocycles. The maximum Gasteiger partial charge on any atom is 0.272 e. The van der Waals surface area contributed by atoms with Crippen molar-refractivity contribution < 1.29 is 14.4 Å². The van der Waals surface area contributed by atoms with Gasteiger partial charge in [0.2, 0.25) is 11.8 Å². The minimum Gasteiger partial charge on any atom is -0.354 e.